The summed E-state index contributed by atoms with van der Waals surface area (Å²) in [5, 5.41) is 0. The second kappa shape index (κ2) is 6.47. The van der Waals surface area contributed by atoms with Crippen molar-refractivity contribution in [2.75, 3.05) is 6.61 Å². The molecule has 0 aromatic heterocycles. The lowest BCUT2D eigenvalue weighted by Crippen LogP contribution is -2.37. The molecule has 0 spiro atoms. The number of amides is 2. The van der Waals surface area contributed by atoms with Crippen LogP contribution in [0.15, 0.2) is 24.3 Å². The maximum absolute atomic E-state index is 12.7. The number of nitrogens with zero attached hydrogens (tertiary/aromatic N) is 1. The molecule has 1 fully saturated rings. The molecule has 1 aromatic rings. The van der Waals surface area contributed by atoms with Gasteiger partial charge in [-0.15, -0.1) is 0 Å². The van der Waals surface area contributed by atoms with Gasteiger partial charge < -0.3 is 4.74 Å². The number of hydrogen-bond acceptors (Lipinski definition) is 4. The first-order valence-electron chi connectivity index (χ1n) is 6.76. The summed E-state index contributed by atoms with van der Waals surface area (Å²) in [7, 11) is 0. The second-order valence-electron chi connectivity index (χ2n) is 4.97. The Labute approximate surface area is 121 Å². The van der Waals surface area contributed by atoms with Crippen LogP contribution >= 0.6 is 0 Å². The Kier molecular flexibility index (Phi) is 4.67. The Hall–Kier alpha value is -2.24. The van der Waals surface area contributed by atoms with Crippen molar-refractivity contribution in [1.29, 1.82) is 0 Å². The first-order chi connectivity index (χ1) is 9.99. The average Bonchev–Trinajstić information content (AvgIpc) is 2.78. The Balaban J connectivity index is 1.81. The highest BCUT2D eigenvalue weighted by molar-refractivity contribution is 5.97. The lowest BCUT2D eigenvalue weighted by Gasteiger charge is -2.15. The summed E-state index contributed by atoms with van der Waals surface area (Å²) in [6.45, 7) is 1.94. The number of benzene rings is 1. The minimum absolute atomic E-state index is 0.104. The molecule has 6 heteroatoms. The highest BCUT2D eigenvalue weighted by Gasteiger charge is 2.34. The van der Waals surface area contributed by atoms with Crippen molar-refractivity contribution in [3.05, 3.63) is 35.6 Å². The van der Waals surface area contributed by atoms with Gasteiger partial charge in [0, 0.05) is 18.4 Å². The van der Waals surface area contributed by atoms with Crippen LogP contribution in [0.25, 0.3) is 0 Å². The summed E-state index contributed by atoms with van der Waals surface area (Å²) in [4.78, 5) is 36.2. The van der Waals surface area contributed by atoms with E-state index in [4.69, 9.17) is 4.74 Å². The van der Waals surface area contributed by atoms with Gasteiger partial charge in [-0.25, -0.2) is 14.1 Å². The van der Waals surface area contributed by atoms with Gasteiger partial charge in [-0.05, 0) is 37.6 Å². The van der Waals surface area contributed by atoms with Crippen LogP contribution in [0.5, 0.6) is 0 Å². The minimum atomic E-state index is -0.627. The van der Waals surface area contributed by atoms with Crippen molar-refractivity contribution >= 4 is 17.8 Å². The van der Waals surface area contributed by atoms with Gasteiger partial charge in [-0.1, -0.05) is 0 Å². The zero-order valence-corrected chi connectivity index (χ0v) is 11.7. The van der Waals surface area contributed by atoms with E-state index in [1.807, 2.05) is 0 Å². The Morgan fingerprint density at radius 1 is 1.29 bits per heavy atom. The monoisotopic (exact) mass is 293 g/mol. The number of ether oxygens (including phenoxy) is 1. The Morgan fingerprint density at radius 2 is 1.95 bits per heavy atom. The summed E-state index contributed by atoms with van der Waals surface area (Å²) in [5.74, 6) is -0.889. The summed E-state index contributed by atoms with van der Waals surface area (Å²) in [5.41, 5.74) is 0.415. The van der Waals surface area contributed by atoms with Crippen LogP contribution < -0.4 is 0 Å². The molecule has 0 bridgehead atoms. The quantitative estimate of drug-likeness (QED) is 0.783. The molecule has 1 aromatic carbocycles. The van der Waals surface area contributed by atoms with Crippen molar-refractivity contribution in [2.45, 2.75) is 32.2 Å². The number of ketones is 1. The van der Waals surface area contributed by atoms with Crippen LogP contribution in [0.1, 0.15) is 36.5 Å². The molecule has 0 radical (unpaired) electrons. The van der Waals surface area contributed by atoms with Crippen LogP contribution in [0, 0.1) is 5.82 Å². The molecule has 2 amide bonds. The lowest BCUT2D eigenvalue weighted by molar-refractivity contribution is -0.129. The highest BCUT2D eigenvalue weighted by atomic mass is 19.1. The molecule has 1 unspecified atom stereocenters. The number of carbonyl (C=O) groups is 3. The fraction of sp³-hybridized carbons (Fsp3) is 0.400. The molecule has 1 aliphatic rings. The van der Waals surface area contributed by atoms with Crippen molar-refractivity contribution in [2.24, 2.45) is 0 Å². The molecule has 21 heavy (non-hydrogen) atoms. The van der Waals surface area contributed by atoms with E-state index < -0.39 is 11.9 Å². The van der Waals surface area contributed by atoms with E-state index in [1.54, 1.807) is 6.92 Å². The Morgan fingerprint density at radius 3 is 2.52 bits per heavy atom. The van der Waals surface area contributed by atoms with E-state index in [2.05, 4.69) is 0 Å². The van der Waals surface area contributed by atoms with E-state index in [0.717, 1.165) is 4.90 Å². The van der Waals surface area contributed by atoms with Gasteiger partial charge in [0.1, 0.15) is 12.4 Å². The van der Waals surface area contributed by atoms with E-state index in [-0.39, 0.29) is 37.2 Å². The number of carbonyl (C=O) groups excluding carboxylic acids is 3. The molecule has 1 saturated heterocycles. The van der Waals surface area contributed by atoms with Gasteiger partial charge in [0.15, 0.2) is 5.78 Å². The molecule has 1 atom stereocenters. The average molecular weight is 293 g/mol. The predicted octanol–water partition coefficient (Wildman–Crippen LogP) is 2.55. The molecule has 0 N–H and O–H groups in total. The smallest absolute Gasteiger partial charge is 0.416 e. The third-order valence-electron chi connectivity index (χ3n) is 3.31. The topological polar surface area (TPSA) is 63.7 Å². The zero-order valence-electron chi connectivity index (χ0n) is 11.7. The van der Waals surface area contributed by atoms with Gasteiger partial charge in [-0.2, -0.15) is 0 Å². The van der Waals surface area contributed by atoms with E-state index in [1.165, 1.54) is 24.3 Å². The molecule has 0 aliphatic carbocycles. The maximum atomic E-state index is 12.7. The van der Waals surface area contributed by atoms with Crippen LogP contribution in [0.3, 0.4) is 0 Å². The van der Waals surface area contributed by atoms with Crippen molar-refractivity contribution in [3.63, 3.8) is 0 Å². The first kappa shape index (κ1) is 15.2. The standard InChI is InChI=1S/C15H16FNO4/c1-10-9-21-15(20)17(10)14(19)4-2-3-13(18)11-5-7-12(16)8-6-11/h5-8,10H,2-4,9H2,1H3. The van der Waals surface area contributed by atoms with E-state index >= 15 is 0 Å². The molecular formula is C15H16FNO4. The van der Waals surface area contributed by atoms with Crippen molar-refractivity contribution < 1.29 is 23.5 Å². The number of imide groups is 1. The van der Waals surface area contributed by atoms with Crippen molar-refractivity contribution in [1.82, 2.24) is 4.90 Å². The first-order valence-corrected chi connectivity index (χ1v) is 6.76. The number of halogens is 1. The SMILES string of the molecule is CC1COC(=O)N1C(=O)CCCC(=O)c1ccc(F)cc1. The number of hydrogen-bond donors (Lipinski definition) is 0. The van der Waals surface area contributed by atoms with Crippen LogP contribution in [0.4, 0.5) is 9.18 Å². The fourth-order valence-electron chi connectivity index (χ4n) is 2.16. The lowest BCUT2D eigenvalue weighted by atomic mass is 10.1. The third kappa shape index (κ3) is 3.65. The number of rotatable bonds is 5. The van der Waals surface area contributed by atoms with Gasteiger partial charge >= 0.3 is 6.09 Å². The predicted molar refractivity (Wildman–Crippen MR) is 72.2 cm³/mol. The molecule has 5 nitrogen and oxygen atoms in total. The maximum Gasteiger partial charge on any atom is 0.416 e. The summed E-state index contributed by atoms with van der Waals surface area (Å²) in [6.07, 6.45) is -0.00983. The third-order valence-corrected chi connectivity index (χ3v) is 3.31. The molecule has 1 heterocycles. The largest absolute Gasteiger partial charge is 0.447 e. The summed E-state index contributed by atoms with van der Waals surface area (Å²) >= 11 is 0. The van der Waals surface area contributed by atoms with Crippen molar-refractivity contribution in [3.8, 4) is 0 Å². The van der Waals surface area contributed by atoms with E-state index in [9.17, 15) is 18.8 Å². The normalized spacial score (nSPS) is 17.7. The van der Waals surface area contributed by atoms with Gasteiger partial charge in [0.25, 0.3) is 0 Å². The number of Topliss-reactive ketones (excluding diaryl/α,β-unsaturated/α-hetero) is 1. The van der Waals surface area contributed by atoms with Gasteiger partial charge in [-0.3, -0.25) is 9.59 Å². The molecular weight excluding hydrogens is 277 g/mol. The van der Waals surface area contributed by atoms with Crippen LogP contribution in [0.2, 0.25) is 0 Å². The summed E-state index contributed by atoms with van der Waals surface area (Å²) in [6, 6.07) is 5.01. The van der Waals surface area contributed by atoms with Crippen LogP contribution in [-0.2, 0) is 9.53 Å². The summed E-state index contributed by atoms with van der Waals surface area (Å²) < 4.78 is 17.5. The minimum Gasteiger partial charge on any atom is -0.447 e. The molecule has 112 valence electrons. The molecule has 0 saturated carbocycles. The van der Waals surface area contributed by atoms with Crippen LogP contribution in [-0.4, -0.2) is 35.3 Å². The van der Waals surface area contributed by atoms with Gasteiger partial charge in [0.05, 0.1) is 6.04 Å². The van der Waals surface area contributed by atoms with E-state index in [0.29, 0.717) is 12.0 Å². The number of cyclic esters (lactones) is 1. The molecule has 1 aliphatic heterocycles. The second-order valence-corrected chi connectivity index (χ2v) is 4.97. The zero-order chi connectivity index (χ0) is 15.4. The highest BCUT2D eigenvalue weighted by Crippen LogP contribution is 2.15. The molecule has 2 rings (SSSR count). The Bertz CT molecular complexity index is 555. The fourth-order valence-corrected chi connectivity index (χ4v) is 2.16. The van der Waals surface area contributed by atoms with Gasteiger partial charge in [0.2, 0.25) is 5.91 Å².